The zero-order valence-electron chi connectivity index (χ0n) is 7.80. The largest absolute Gasteiger partial charge is 0.418 e. The Bertz CT molecular complexity index is 424. The first-order chi connectivity index (χ1) is 6.99. The third kappa shape index (κ3) is 1.58. The first-order valence-corrected chi connectivity index (χ1v) is 4.49. The zero-order valence-corrected chi connectivity index (χ0v) is 7.80. The predicted molar refractivity (Wildman–Crippen MR) is 49.0 cm³/mol. The molecule has 15 heavy (non-hydrogen) atoms. The standard InChI is InChI=1S/C11H8F3N/c1-2-10(4-5-10)8-3-6-15-7-9(8)11(12,13)14/h1,3,6-7H,4-5H2. The van der Waals surface area contributed by atoms with Crippen LogP contribution >= 0.6 is 0 Å². The molecule has 0 amide bonds. The fourth-order valence-electron chi connectivity index (χ4n) is 1.65. The molecule has 1 heterocycles. The van der Waals surface area contributed by atoms with E-state index in [4.69, 9.17) is 6.42 Å². The van der Waals surface area contributed by atoms with E-state index in [0.717, 1.165) is 6.20 Å². The number of rotatable bonds is 1. The number of pyridine rings is 1. The summed E-state index contributed by atoms with van der Waals surface area (Å²) >= 11 is 0. The quantitative estimate of drug-likeness (QED) is 0.651. The maximum absolute atomic E-state index is 12.6. The normalized spacial score (nSPS) is 18.3. The second-order valence-electron chi connectivity index (χ2n) is 3.65. The molecule has 0 aromatic carbocycles. The van der Waals surface area contributed by atoms with Crippen molar-refractivity contribution in [2.75, 3.05) is 0 Å². The van der Waals surface area contributed by atoms with Gasteiger partial charge < -0.3 is 0 Å². The molecule has 0 spiro atoms. The Labute approximate surface area is 85.3 Å². The summed E-state index contributed by atoms with van der Waals surface area (Å²) in [6.07, 6.45) is 4.33. The topological polar surface area (TPSA) is 12.9 Å². The van der Waals surface area contributed by atoms with Gasteiger partial charge in [0.1, 0.15) is 0 Å². The first-order valence-electron chi connectivity index (χ1n) is 4.49. The Morgan fingerprint density at radius 3 is 2.53 bits per heavy atom. The van der Waals surface area contributed by atoms with E-state index in [0.29, 0.717) is 12.8 Å². The Morgan fingerprint density at radius 1 is 1.40 bits per heavy atom. The van der Waals surface area contributed by atoms with Crippen LogP contribution in [0.4, 0.5) is 13.2 Å². The van der Waals surface area contributed by atoms with Gasteiger partial charge in [0, 0.05) is 12.4 Å². The van der Waals surface area contributed by atoms with Gasteiger partial charge in [0.15, 0.2) is 0 Å². The lowest BCUT2D eigenvalue weighted by Crippen LogP contribution is -2.15. The zero-order chi connectivity index (χ0) is 11.1. The number of halogens is 3. The van der Waals surface area contributed by atoms with Crippen LogP contribution in [0.15, 0.2) is 18.5 Å². The van der Waals surface area contributed by atoms with Gasteiger partial charge in [-0.2, -0.15) is 13.2 Å². The maximum Gasteiger partial charge on any atom is 0.418 e. The molecule has 1 aromatic heterocycles. The molecule has 1 nitrogen and oxygen atoms in total. The molecule has 0 unspecified atom stereocenters. The molecule has 0 atom stereocenters. The van der Waals surface area contributed by atoms with Crippen LogP contribution in [-0.2, 0) is 11.6 Å². The Kier molecular flexibility index (Phi) is 2.00. The van der Waals surface area contributed by atoms with Crippen molar-refractivity contribution in [3.8, 4) is 12.3 Å². The molecule has 0 N–H and O–H groups in total. The number of aromatic nitrogens is 1. The number of hydrogen-bond donors (Lipinski definition) is 0. The third-order valence-electron chi connectivity index (χ3n) is 2.67. The number of nitrogens with zero attached hydrogens (tertiary/aromatic N) is 1. The van der Waals surface area contributed by atoms with Gasteiger partial charge in [-0.25, -0.2) is 0 Å². The summed E-state index contributed by atoms with van der Waals surface area (Å²) in [5.41, 5.74) is -1.22. The average Bonchev–Trinajstić information content (AvgIpc) is 2.97. The molecule has 0 radical (unpaired) electrons. The van der Waals surface area contributed by atoms with Crippen molar-refractivity contribution in [3.63, 3.8) is 0 Å². The predicted octanol–water partition coefficient (Wildman–Crippen LogP) is 2.77. The van der Waals surface area contributed by atoms with Gasteiger partial charge in [-0.1, -0.05) is 5.92 Å². The van der Waals surface area contributed by atoms with Crippen LogP contribution in [0.2, 0.25) is 0 Å². The second-order valence-corrected chi connectivity index (χ2v) is 3.65. The highest BCUT2D eigenvalue weighted by Crippen LogP contribution is 2.50. The van der Waals surface area contributed by atoms with E-state index in [1.54, 1.807) is 0 Å². The smallest absolute Gasteiger partial charge is 0.264 e. The van der Waals surface area contributed by atoms with E-state index < -0.39 is 17.2 Å². The molecule has 4 heteroatoms. The first kappa shape index (κ1) is 10.0. The highest BCUT2D eigenvalue weighted by molar-refractivity contribution is 5.45. The molecule has 0 saturated heterocycles. The maximum atomic E-state index is 12.6. The fourth-order valence-corrected chi connectivity index (χ4v) is 1.65. The van der Waals surface area contributed by atoms with Crippen molar-refractivity contribution < 1.29 is 13.2 Å². The van der Waals surface area contributed by atoms with E-state index in [1.807, 2.05) is 0 Å². The summed E-state index contributed by atoms with van der Waals surface area (Å²) < 4.78 is 37.9. The van der Waals surface area contributed by atoms with Crippen LogP contribution in [0.3, 0.4) is 0 Å². The van der Waals surface area contributed by atoms with Crippen molar-refractivity contribution in [1.29, 1.82) is 0 Å². The van der Waals surface area contributed by atoms with Crippen LogP contribution in [0.1, 0.15) is 24.0 Å². The van der Waals surface area contributed by atoms with Crippen molar-refractivity contribution >= 4 is 0 Å². The number of hydrogen-bond acceptors (Lipinski definition) is 1. The summed E-state index contributed by atoms with van der Waals surface area (Å²) in [6.45, 7) is 0. The van der Waals surface area contributed by atoms with E-state index in [2.05, 4.69) is 10.9 Å². The lowest BCUT2D eigenvalue weighted by Gasteiger charge is -2.15. The van der Waals surface area contributed by atoms with Crippen LogP contribution in [0, 0.1) is 12.3 Å². The van der Waals surface area contributed by atoms with Crippen LogP contribution in [0.5, 0.6) is 0 Å². The van der Waals surface area contributed by atoms with Gasteiger partial charge in [-0.15, -0.1) is 6.42 Å². The second kappa shape index (κ2) is 2.99. The van der Waals surface area contributed by atoms with Gasteiger partial charge in [-0.05, 0) is 24.5 Å². The van der Waals surface area contributed by atoms with Crippen molar-refractivity contribution in [1.82, 2.24) is 4.98 Å². The monoisotopic (exact) mass is 211 g/mol. The van der Waals surface area contributed by atoms with Gasteiger partial charge in [0.25, 0.3) is 0 Å². The molecular weight excluding hydrogens is 203 g/mol. The average molecular weight is 211 g/mol. The van der Waals surface area contributed by atoms with Crippen LogP contribution < -0.4 is 0 Å². The minimum Gasteiger partial charge on any atom is -0.264 e. The number of alkyl halides is 3. The van der Waals surface area contributed by atoms with Gasteiger partial charge in [0.2, 0.25) is 0 Å². The van der Waals surface area contributed by atoms with E-state index in [-0.39, 0.29) is 5.56 Å². The van der Waals surface area contributed by atoms with E-state index in [1.165, 1.54) is 12.3 Å². The number of terminal acetylenes is 1. The molecule has 78 valence electrons. The van der Waals surface area contributed by atoms with Crippen molar-refractivity contribution in [3.05, 3.63) is 29.6 Å². The SMILES string of the molecule is C#CC1(c2ccncc2C(F)(F)F)CC1. The highest BCUT2D eigenvalue weighted by atomic mass is 19.4. The van der Waals surface area contributed by atoms with Crippen molar-refractivity contribution in [2.24, 2.45) is 0 Å². The highest BCUT2D eigenvalue weighted by Gasteiger charge is 2.48. The molecular formula is C11H8F3N. The third-order valence-corrected chi connectivity index (χ3v) is 2.67. The van der Waals surface area contributed by atoms with Gasteiger partial charge in [0.05, 0.1) is 11.0 Å². The Morgan fingerprint density at radius 2 is 2.07 bits per heavy atom. The summed E-state index contributed by atoms with van der Waals surface area (Å²) in [5, 5.41) is 0. The van der Waals surface area contributed by atoms with Crippen LogP contribution in [0.25, 0.3) is 0 Å². The molecule has 1 saturated carbocycles. The molecule has 0 bridgehead atoms. The Hall–Kier alpha value is -1.50. The summed E-state index contributed by atoms with van der Waals surface area (Å²) in [6, 6.07) is 1.37. The molecule has 1 aromatic rings. The molecule has 0 aliphatic heterocycles. The van der Waals surface area contributed by atoms with Gasteiger partial charge in [-0.3, -0.25) is 4.98 Å². The summed E-state index contributed by atoms with van der Waals surface area (Å²) in [4.78, 5) is 3.50. The molecule has 1 aliphatic rings. The summed E-state index contributed by atoms with van der Waals surface area (Å²) in [5.74, 6) is 2.45. The molecule has 1 aliphatic carbocycles. The van der Waals surface area contributed by atoms with Crippen molar-refractivity contribution in [2.45, 2.75) is 24.4 Å². The lowest BCUT2D eigenvalue weighted by molar-refractivity contribution is -0.138. The van der Waals surface area contributed by atoms with Gasteiger partial charge >= 0.3 is 6.18 Å². The minimum atomic E-state index is -4.38. The minimum absolute atomic E-state index is 0.188. The molecule has 1 fully saturated rings. The fraction of sp³-hybridized carbons (Fsp3) is 0.364. The van der Waals surface area contributed by atoms with Crippen LogP contribution in [-0.4, -0.2) is 4.98 Å². The lowest BCUT2D eigenvalue weighted by atomic mass is 9.93. The van der Waals surface area contributed by atoms with E-state index >= 15 is 0 Å². The molecule has 2 rings (SSSR count). The summed E-state index contributed by atoms with van der Waals surface area (Å²) in [7, 11) is 0. The Balaban J connectivity index is 2.54. The van der Waals surface area contributed by atoms with E-state index in [9.17, 15) is 13.2 Å².